The summed E-state index contributed by atoms with van der Waals surface area (Å²) in [4.78, 5) is 19.3. The maximum absolute atomic E-state index is 12.5. The van der Waals surface area contributed by atoms with Crippen molar-refractivity contribution >= 4 is 22.6 Å². The Bertz CT molecular complexity index is 897. The van der Waals surface area contributed by atoms with Crippen LogP contribution >= 0.6 is 0 Å². The summed E-state index contributed by atoms with van der Waals surface area (Å²) in [7, 11) is 0. The van der Waals surface area contributed by atoms with Crippen LogP contribution in [0.25, 0.3) is 10.9 Å². The predicted octanol–water partition coefficient (Wildman–Crippen LogP) is 4.05. The molecule has 0 aliphatic carbocycles. The lowest BCUT2D eigenvalue weighted by Gasteiger charge is -2.35. The first-order chi connectivity index (χ1) is 12.8. The Morgan fingerprint density at radius 3 is 2.62 bits per heavy atom. The minimum atomic E-state index is -0.298. The van der Waals surface area contributed by atoms with Gasteiger partial charge in [-0.15, -0.1) is 0 Å². The van der Waals surface area contributed by atoms with Crippen molar-refractivity contribution in [1.82, 2.24) is 9.55 Å². The highest BCUT2D eigenvalue weighted by molar-refractivity contribution is 6.05. The molecule has 0 unspecified atom stereocenters. The van der Waals surface area contributed by atoms with E-state index in [1.165, 1.54) is 0 Å². The summed E-state index contributed by atoms with van der Waals surface area (Å²) in [5.74, 6) is -0.298. The fraction of sp³-hybridized carbons (Fsp3) is 0.333. The van der Waals surface area contributed by atoms with Gasteiger partial charge in [-0.2, -0.15) is 0 Å². The zero-order valence-electron chi connectivity index (χ0n) is 15.0. The van der Waals surface area contributed by atoms with Crippen molar-refractivity contribution in [3.8, 4) is 0 Å². The Morgan fingerprint density at radius 1 is 1.15 bits per heavy atom. The number of hydrogen-bond acceptors (Lipinski definition) is 4. The molecule has 3 heterocycles. The van der Waals surface area contributed by atoms with E-state index in [0.29, 0.717) is 18.2 Å². The first-order valence-corrected chi connectivity index (χ1v) is 9.20. The fourth-order valence-electron chi connectivity index (χ4n) is 3.80. The third-order valence-electron chi connectivity index (χ3n) is 5.07. The number of anilines is 1. The molecule has 1 fully saturated rings. The van der Waals surface area contributed by atoms with Gasteiger partial charge in [-0.3, -0.25) is 4.98 Å². The number of pyridine rings is 1. The molecule has 2 aromatic heterocycles. The number of fused-ring (bicyclic) bond motifs is 1. The number of ether oxygens (including phenoxy) is 1. The molecule has 5 heteroatoms. The number of piperidine rings is 1. The number of aromatic nitrogens is 2. The highest BCUT2D eigenvalue weighted by Gasteiger charge is 2.26. The van der Waals surface area contributed by atoms with Crippen LogP contribution < -0.4 is 4.90 Å². The highest BCUT2D eigenvalue weighted by Crippen LogP contribution is 2.34. The van der Waals surface area contributed by atoms with Crippen molar-refractivity contribution in [1.29, 1.82) is 0 Å². The first kappa shape index (κ1) is 16.6. The largest absolute Gasteiger partial charge is 0.462 e. The van der Waals surface area contributed by atoms with Gasteiger partial charge >= 0.3 is 5.97 Å². The smallest absolute Gasteiger partial charge is 0.341 e. The Kier molecular flexibility index (Phi) is 4.61. The number of carbonyl (C=O) groups is 1. The molecule has 0 N–H and O–H groups in total. The summed E-state index contributed by atoms with van der Waals surface area (Å²) >= 11 is 0. The molecule has 1 aliphatic heterocycles. The van der Waals surface area contributed by atoms with Gasteiger partial charge < -0.3 is 14.2 Å². The predicted molar refractivity (Wildman–Crippen MR) is 103 cm³/mol. The number of benzene rings is 1. The number of rotatable bonds is 4. The molecule has 0 radical (unpaired) electrons. The second kappa shape index (κ2) is 7.20. The average Bonchev–Trinajstić information content (AvgIpc) is 3.22. The van der Waals surface area contributed by atoms with Gasteiger partial charge in [0.2, 0.25) is 0 Å². The molecule has 26 heavy (non-hydrogen) atoms. The van der Waals surface area contributed by atoms with Crippen LogP contribution in [-0.2, 0) is 4.74 Å². The van der Waals surface area contributed by atoms with E-state index >= 15 is 0 Å². The van der Waals surface area contributed by atoms with E-state index in [0.717, 1.165) is 42.5 Å². The topological polar surface area (TPSA) is 47.4 Å². The zero-order chi connectivity index (χ0) is 17.9. The monoisotopic (exact) mass is 349 g/mol. The van der Waals surface area contributed by atoms with Gasteiger partial charge in [-0.25, -0.2) is 4.79 Å². The minimum Gasteiger partial charge on any atom is -0.462 e. The molecule has 5 nitrogen and oxygen atoms in total. The highest BCUT2D eigenvalue weighted by atomic mass is 16.5. The number of esters is 1. The Morgan fingerprint density at radius 2 is 1.88 bits per heavy atom. The molecule has 1 aliphatic rings. The number of hydrogen-bond donors (Lipinski definition) is 0. The van der Waals surface area contributed by atoms with E-state index < -0.39 is 0 Å². The summed E-state index contributed by atoms with van der Waals surface area (Å²) in [5.41, 5.74) is 2.42. The molecule has 4 rings (SSSR count). The van der Waals surface area contributed by atoms with Crippen LogP contribution in [0, 0.1) is 0 Å². The molecule has 0 saturated carbocycles. The molecule has 1 saturated heterocycles. The van der Waals surface area contributed by atoms with Crippen molar-refractivity contribution in [2.24, 2.45) is 0 Å². The third kappa shape index (κ3) is 3.05. The van der Waals surface area contributed by atoms with Gasteiger partial charge in [0.15, 0.2) is 0 Å². The van der Waals surface area contributed by atoms with Gasteiger partial charge in [0, 0.05) is 43.1 Å². The summed E-state index contributed by atoms with van der Waals surface area (Å²) in [5, 5.41) is 1.01. The molecule has 3 aromatic rings. The van der Waals surface area contributed by atoms with Crippen LogP contribution in [-0.4, -0.2) is 35.2 Å². The Hall–Kier alpha value is -2.82. The maximum Gasteiger partial charge on any atom is 0.341 e. The normalized spacial score (nSPS) is 15.3. The summed E-state index contributed by atoms with van der Waals surface area (Å²) in [6.07, 6.45) is 8.02. The zero-order valence-corrected chi connectivity index (χ0v) is 15.0. The molecule has 0 spiro atoms. The van der Waals surface area contributed by atoms with E-state index in [2.05, 4.69) is 39.0 Å². The van der Waals surface area contributed by atoms with E-state index in [9.17, 15) is 4.79 Å². The van der Waals surface area contributed by atoms with Crippen LogP contribution in [0.1, 0.15) is 36.2 Å². The van der Waals surface area contributed by atoms with Crippen molar-refractivity contribution in [2.75, 3.05) is 24.6 Å². The van der Waals surface area contributed by atoms with Gasteiger partial charge in [0.1, 0.15) is 5.56 Å². The lowest BCUT2D eigenvalue weighted by molar-refractivity contribution is 0.0526. The number of nitrogens with zero attached hydrogens (tertiary/aromatic N) is 3. The van der Waals surface area contributed by atoms with E-state index in [-0.39, 0.29) is 5.97 Å². The minimum absolute atomic E-state index is 0.298. The molecule has 0 amide bonds. The molecule has 134 valence electrons. The second-order valence-electron chi connectivity index (χ2n) is 6.61. The van der Waals surface area contributed by atoms with Crippen LogP contribution in [0.2, 0.25) is 0 Å². The molecular weight excluding hydrogens is 326 g/mol. The van der Waals surface area contributed by atoms with Crippen molar-refractivity contribution < 1.29 is 9.53 Å². The lowest BCUT2D eigenvalue weighted by Crippen LogP contribution is -2.35. The average molecular weight is 349 g/mol. The van der Waals surface area contributed by atoms with Crippen LogP contribution in [0.3, 0.4) is 0 Å². The van der Waals surface area contributed by atoms with Gasteiger partial charge in [-0.1, -0.05) is 18.2 Å². The van der Waals surface area contributed by atoms with Crippen molar-refractivity contribution in [2.45, 2.75) is 25.8 Å². The molecular formula is C21H23N3O2. The van der Waals surface area contributed by atoms with E-state index in [1.807, 2.05) is 31.2 Å². The quantitative estimate of drug-likeness (QED) is 0.667. The van der Waals surface area contributed by atoms with Crippen molar-refractivity contribution in [3.63, 3.8) is 0 Å². The van der Waals surface area contributed by atoms with E-state index in [4.69, 9.17) is 4.74 Å². The van der Waals surface area contributed by atoms with Gasteiger partial charge in [-0.05, 0) is 38.0 Å². The van der Waals surface area contributed by atoms with Crippen LogP contribution in [0.4, 0.5) is 5.69 Å². The standard InChI is InChI=1S/C21H23N3O2/c1-2-26-21(25)18-15-22-19-8-4-3-7-17(19)20(18)24-13-9-16(10-14-24)23-11-5-6-12-23/h3-8,11-12,15-16H,2,9-10,13-14H2,1H3. The second-order valence-corrected chi connectivity index (χ2v) is 6.61. The van der Waals surface area contributed by atoms with Gasteiger partial charge in [0.25, 0.3) is 0 Å². The first-order valence-electron chi connectivity index (χ1n) is 9.20. The van der Waals surface area contributed by atoms with Gasteiger partial charge in [0.05, 0.1) is 17.8 Å². The Balaban J connectivity index is 1.68. The number of para-hydroxylation sites is 1. The fourth-order valence-corrected chi connectivity index (χ4v) is 3.80. The molecule has 0 atom stereocenters. The number of carbonyl (C=O) groups excluding carboxylic acids is 1. The van der Waals surface area contributed by atoms with Crippen LogP contribution in [0.5, 0.6) is 0 Å². The third-order valence-corrected chi connectivity index (χ3v) is 5.07. The van der Waals surface area contributed by atoms with Crippen LogP contribution in [0.15, 0.2) is 55.0 Å². The molecule has 0 bridgehead atoms. The summed E-state index contributed by atoms with van der Waals surface area (Å²) in [6.45, 7) is 4.00. The Labute approximate surface area is 153 Å². The van der Waals surface area contributed by atoms with Crippen molar-refractivity contribution in [3.05, 3.63) is 60.6 Å². The summed E-state index contributed by atoms with van der Waals surface area (Å²) in [6, 6.07) is 12.7. The lowest BCUT2D eigenvalue weighted by atomic mass is 10.0. The summed E-state index contributed by atoms with van der Waals surface area (Å²) < 4.78 is 7.56. The SMILES string of the molecule is CCOC(=O)c1cnc2ccccc2c1N1CCC(n2cccc2)CC1. The van der Waals surface area contributed by atoms with E-state index in [1.54, 1.807) is 6.20 Å². The molecule has 1 aromatic carbocycles. The maximum atomic E-state index is 12.5.